The van der Waals surface area contributed by atoms with Gasteiger partial charge in [-0.1, -0.05) is 26.8 Å². The fourth-order valence-corrected chi connectivity index (χ4v) is 2.57. The van der Waals surface area contributed by atoms with Gasteiger partial charge in [0.15, 0.2) is 11.5 Å². The highest BCUT2D eigenvalue weighted by Crippen LogP contribution is 2.31. The summed E-state index contributed by atoms with van der Waals surface area (Å²) in [5.41, 5.74) is 1.15. The molecule has 0 bridgehead atoms. The van der Waals surface area contributed by atoms with Crippen molar-refractivity contribution < 1.29 is 14.6 Å². The zero-order chi connectivity index (χ0) is 15.8. The van der Waals surface area contributed by atoms with Crippen molar-refractivity contribution in [3.8, 4) is 11.5 Å². The third-order valence-corrected chi connectivity index (χ3v) is 3.63. The van der Waals surface area contributed by atoms with Crippen LogP contribution in [0.15, 0.2) is 18.2 Å². The summed E-state index contributed by atoms with van der Waals surface area (Å²) in [4.78, 5) is 0. The normalized spacial score (nSPS) is 14.0. The number of nitrogens with one attached hydrogen (secondary N) is 1. The summed E-state index contributed by atoms with van der Waals surface area (Å²) >= 11 is 0. The Morgan fingerprint density at radius 3 is 2.29 bits per heavy atom. The Hall–Kier alpha value is -1.26. The molecule has 0 amide bonds. The monoisotopic (exact) mass is 295 g/mol. The highest BCUT2D eigenvalue weighted by atomic mass is 16.5. The van der Waals surface area contributed by atoms with Crippen LogP contribution in [0.5, 0.6) is 11.5 Å². The van der Waals surface area contributed by atoms with Crippen LogP contribution in [0.4, 0.5) is 0 Å². The lowest BCUT2D eigenvalue weighted by Gasteiger charge is -2.26. The summed E-state index contributed by atoms with van der Waals surface area (Å²) in [6, 6.07) is 6.29. The molecule has 2 unspecified atom stereocenters. The highest BCUT2D eigenvalue weighted by molar-refractivity contribution is 5.43. The standard InChI is InChI=1S/C17H29NO3/c1-6-15(18-14(11-19)9-12(2)3)13-7-8-16(20-4)17(10-13)21-5/h7-8,10,12,14-15,18-19H,6,9,11H2,1-5H3. The molecule has 2 atom stereocenters. The average Bonchev–Trinajstić information content (AvgIpc) is 2.50. The summed E-state index contributed by atoms with van der Waals surface area (Å²) in [5, 5.41) is 13.1. The second-order valence-electron chi connectivity index (χ2n) is 5.75. The molecule has 1 aromatic carbocycles. The van der Waals surface area contributed by atoms with E-state index in [0.717, 1.165) is 29.9 Å². The van der Waals surface area contributed by atoms with Crippen LogP contribution < -0.4 is 14.8 Å². The Morgan fingerprint density at radius 1 is 1.14 bits per heavy atom. The molecule has 120 valence electrons. The maximum atomic E-state index is 9.54. The quantitative estimate of drug-likeness (QED) is 0.735. The average molecular weight is 295 g/mol. The number of benzene rings is 1. The zero-order valence-corrected chi connectivity index (χ0v) is 13.8. The number of aliphatic hydroxyl groups is 1. The molecule has 0 heterocycles. The molecular weight excluding hydrogens is 266 g/mol. The Morgan fingerprint density at radius 2 is 1.81 bits per heavy atom. The molecule has 0 fully saturated rings. The Labute approximate surface area is 128 Å². The molecule has 0 aromatic heterocycles. The maximum Gasteiger partial charge on any atom is 0.161 e. The van der Waals surface area contributed by atoms with Crippen LogP contribution >= 0.6 is 0 Å². The number of hydrogen-bond acceptors (Lipinski definition) is 4. The molecule has 4 heteroatoms. The second kappa shape index (κ2) is 8.90. The molecule has 21 heavy (non-hydrogen) atoms. The van der Waals surface area contributed by atoms with Gasteiger partial charge >= 0.3 is 0 Å². The molecule has 0 saturated carbocycles. The van der Waals surface area contributed by atoms with Gasteiger partial charge in [0, 0.05) is 12.1 Å². The van der Waals surface area contributed by atoms with Crippen LogP contribution in [0.1, 0.15) is 45.2 Å². The maximum absolute atomic E-state index is 9.54. The van der Waals surface area contributed by atoms with Gasteiger partial charge in [-0.25, -0.2) is 0 Å². The van der Waals surface area contributed by atoms with Crippen molar-refractivity contribution in [2.45, 2.75) is 45.7 Å². The Kier molecular flexibility index (Phi) is 7.54. The van der Waals surface area contributed by atoms with E-state index in [9.17, 15) is 5.11 Å². The van der Waals surface area contributed by atoms with Gasteiger partial charge in [0.25, 0.3) is 0 Å². The van der Waals surface area contributed by atoms with Crippen molar-refractivity contribution in [3.05, 3.63) is 23.8 Å². The summed E-state index contributed by atoms with van der Waals surface area (Å²) in [6.45, 7) is 6.63. The molecule has 0 spiro atoms. The van der Waals surface area contributed by atoms with Gasteiger partial charge in [-0.3, -0.25) is 0 Å². The molecular formula is C17H29NO3. The minimum atomic E-state index is 0.114. The fourth-order valence-electron chi connectivity index (χ4n) is 2.57. The third-order valence-electron chi connectivity index (χ3n) is 3.63. The highest BCUT2D eigenvalue weighted by Gasteiger charge is 2.17. The van der Waals surface area contributed by atoms with Crippen molar-refractivity contribution in [2.24, 2.45) is 5.92 Å². The number of aliphatic hydroxyl groups excluding tert-OH is 1. The van der Waals surface area contributed by atoms with Gasteiger partial charge in [0.05, 0.1) is 20.8 Å². The first-order chi connectivity index (χ1) is 10.0. The van der Waals surface area contributed by atoms with E-state index in [1.54, 1.807) is 14.2 Å². The van der Waals surface area contributed by atoms with Gasteiger partial charge < -0.3 is 19.9 Å². The van der Waals surface area contributed by atoms with Crippen LogP contribution in [-0.4, -0.2) is 32.0 Å². The minimum absolute atomic E-state index is 0.114. The molecule has 0 aliphatic rings. The summed E-state index contributed by atoms with van der Waals surface area (Å²) in [5.74, 6) is 2.02. The second-order valence-corrected chi connectivity index (χ2v) is 5.75. The summed E-state index contributed by atoms with van der Waals surface area (Å²) < 4.78 is 10.6. The lowest BCUT2D eigenvalue weighted by molar-refractivity contribution is 0.211. The summed E-state index contributed by atoms with van der Waals surface area (Å²) in [6.07, 6.45) is 1.91. The number of methoxy groups -OCH3 is 2. The van der Waals surface area contributed by atoms with Crippen molar-refractivity contribution in [1.29, 1.82) is 0 Å². The van der Waals surface area contributed by atoms with Crippen LogP contribution in [0.25, 0.3) is 0 Å². The molecule has 0 saturated heterocycles. The lowest BCUT2D eigenvalue weighted by Crippen LogP contribution is -2.36. The van der Waals surface area contributed by atoms with Gasteiger partial charge in [-0.2, -0.15) is 0 Å². The van der Waals surface area contributed by atoms with E-state index in [-0.39, 0.29) is 18.7 Å². The number of hydrogen-bond donors (Lipinski definition) is 2. The van der Waals surface area contributed by atoms with Crippen LogP contribution in [0.2, 0.25) is 0 Å². The molecule has 2 N–H and O–H groups in total. The van der Waals surface area contributed by atoms with Gasteiger partial charge in [-0.15, -0.1) is 0 Å². The van der Waals surface area contributed by atoms with Crippen LogP contribution in [-0.2, 0) is 0 Å². The predicted molar refractivity (Wildman–Crippen MR) is 86.0 cm³/mol. The Bertz CT molecular complexity index is 420. The summed E-state index contributed by atoms with van der Waals surface area (Å²) in [7, 11) is 3.28. The van der Waals surface area contributed by atoms with E-state index < -0.39 is 0 Å². The molecule has 0 aliphatic carbocycles. The number of ether oxygens (including phenoxy) is 2. The fraction of sp³-hybridized carbons (Fsp3) is 0.647. The van der Waals surface area contributed by atoms with Crippen LogP contribution in [0, 0.1) is 5.92 Å². The van der Waals surface area contributed by atoms with E-state index in [4.69, 9.17) is 9.47 Å². The van der Waals surface area contributed by atoms with E-state index >= 15 is 0 Å². The molecule has 1 aromatic rings. The molecule has 1 rings (SSSR count). The van der Waals surface area contributed by atoms with Gasteiger partial charge in [0.1, 0.15) is 0 Å². The largest absolute Gasteiger partial charge is 0.493 e. The third kappa shape index (κ3) is 5.21. The lowest BCUT2D eigenvalue weighted by atomic mass is 9.99. The topological polar surface area (TPSA) is 50.7 Å². The van der Waals surface area contributed by atoms with E-state index in [0.29, 0.717) is 5.92 Å². The smallest absolute Gasteiger partial charge is 0.161 e. The van der Waals surface area contributed by atoms with E-state index in [2.05, 4.69) is 26.1 Å². The zero-order valence-electron chi connectivity index (χ0n) is 13.8. The van der Waals surface area contributed by atoms with Crippen molar-refractivity contribution in [1.82, 2.24) is 5.32 Å². The number of rotatable bonds is 9. The predicted octanol–water partition coefficient (Wildman–Crippen LogP) is 3.15. The van der Waals surface area contributed by atoms with Gasteiger partial charge in [0.2, 0.25) is 0 Å². The SMILES string of the molecule is CCC(NC(CO)CC(C)C)c1ccc(OC)c(OC)c1. The molecule has 0 aliphatic heterocycles. The van der Waals surface area contributed by atoms with E-state index in [1.165, 1.54) is 0 Å². The van der Waals surface area contributed by atoms with Crippen molar-refractivity contribution in [3.63, 3.8) is 0 Å². The molecule has 4 nitrogen and oxygen atoms in total. The van der Waals surface area contributed by atoms with Crippen LogP contribution in [0.3, 0.4) is 0 Å². The molecule has 0 radical (unpaired) electrons. The van der Waals surface area contributed by atoms with Crippen molar-refractivity contribution >= 4 is 0 Å². The Balaban J connectivity index is 2.88. The first-order valence-electron chi connectivity index (χ1n) is 7.64. The first kappa shape index (κ1) is 17.8. The van der Waals surface area contributed by atoms with E-state index in [1.807, 2.05) is 18.2 Å². The first-order valence-corrected chi connectivity index (χ1v) is 7.64. The van der Waals surface area contributed by atoms with Gasteiger partial charge in [-0.05, 0) is 36.5 Å². The minimum Gasteiger partial charge on any atom is -0.493 e. The van der Waals surface area contributed by atoms with Crippen molar-refractivity contribution in [2.75, 3.05) is 20.8 Å².